The van der Waals surface area contributed by atoms with Crippen molar-refractivity contribution in [3.05, 3.63) is 79.2 Å². The first kappa shape index (κ1) is 63.9. The fourth-order valence-corrected chi connectivity index (χ4v) is 1.01. The van der Waals surface area contributed by atoms with Crippen LogP contribution in [0.15, 0.2) is 60.7 Å². The minimum atomic E-state index is 0. The van der Waals surface area contributed by atoms with E-state index in [1.165, 1.54) is 0 Å². The Bertz CT molecular complexity index is 400. The summed E-state index contributed by atoms with van der Waals surface area (Å²) in [4.78, 5) is 19.8. The van der Waals surface area contributed by atoms with Crippen molar-refractivity contribution in [2.45, 2.75) is 55.4 Å². The van der Waals surface area contributed by atoms with Crippen molar-refractivity contribution in [3.63, 3.8) is 0 Å². The third kappa shape index (κ3) is 63.3. The normalized spacial score (nSPS) is 5.38. The Morgan fingerprint density at radius 2 is 0.625 bits per heavy atom. The first-order valence-corrected chi connectivity index (χ1v) is 9.62. The van der Waals surface area contributed by atoms with Gasteiger partial charge in [0.05, 0.1) is 12.6 Å². The third-order valence-corrected chi connectivity index (χ3v) is 1.78. The number of hydrogen-bond acceptors (Lipinski definition) is 4. The molecular formula is C25H45O4Y3-3. The molecule has 0 saturated heterocycles. The second-order valence-corrected chi connectivity index (χ2v) is 2.94. The van der Waals surface area contributed by atoms with Crippen molar-refractivity contribution >= 4 is 12.6 Å². The summed E-state index contributed by atoms with van der Waals surface area (Å²) in [6.45, 7) is 16.0. The molecule has 0 aliphatic heterocycles. The molecule has 0 aliphatic rings. The summed E-state index contributed by atoms with van der Waals surface area (Å²) < 4.78 is 0. The van der Waals surface area contributed by atoms with Crippen molar-refractivity contribution in [1.29, 1.82) is 0 Å². The maximum Gasteiger partial charge on any atom is 0.0627 e. The number of benzene rings is 2. The van der Waals surface area contributed by atoms with Gasteiger partial charge in [-0.05, 0) is 0 Å². The van der Waals surface area contributed by atoms with Crippen molar-refractivity contribution in [2.75, 3.05) is 14.2 Å². The SMILES string of the molecule is CC.CC.CC.CC.CO.CO.O=[C-]c1ccccc1.O=[C-]c1ccccc1.[CH3-].[Y].[Y].[Y]. The molecule has 7 heteroatoms. The standard InChI is InChI=1S/2C7H5O.4C2H6.2CH4O.CH3.3Y/c2*8-6-7-4-2-1-3-5-7;6*1-2;;;;/h2*1-5H;4*1-2H3;2*2H,1H3;1H3;;;/q2*-1;;;;;;;-1;;;. The van der Waals surface area contributed by atoms with E-state index >= 15 is 0 Å². The van der Waals surface area contributed by atoms with Crippen LogP contribution in [-0.2, 0) is 108 Å². The Morgan fingerprint density at radius 3 is 0.719 bits per heavy atom. The predicted octanol–water partition coefficient (Wildman–Crippen LogP) is 6.05. The summed E-state index contributed by atoms with van der Waals surface area (Å²) in [5.41, 5.74) is 1.21. The van der Waals surface area contributed by atoms with Gasteiger partial charge in [0.25, 0.3) is 0 Å². The summed E-state index contributed by atoms with van der Waals surface area (Å²) >= 11 is 0. The van der Waals surface area contributed by atoms with Gasteiger partial charge in [0.1, 0.15) is 0 Å². The predicted molar refractivity (Wildman–Crippen MR) is 131 cm³/mol. The summed E-state index contributed by atoms with van der Waals surface area (Å²) in [5.74, 6) is 0. The van der Waals surface area contributed by atoms with Crippen LogP contribution in [0.3, 0.4) is 0 Å². The minimum absolute atomic E-state index is 0. The summed E-state index contributed by atoms with van der Waals surface area (Å²) in [6, 6.07) is 17.8. The van der Waals surface area contributed by atoms with E-state index in [9.17, 15) is 9.59 Å². The van der Waals surface area contributed by atoms with E-state index in [4.69, 9.17) is 10.2 Å². The molecule has 0 atom stereocenters. The molecule has 0 aliphatic carbocycles. The first-order chi connectivity index (χ1) is 13.9. The van der Waals surface area contributed by atoms with E-state index in [1.807, 2.05) is 67.5 Å². The molecule has 0 fully saturated rings. The van der Waals surface area contributed by atoms with E-state index in [0.29, 0.717) is 11.1 Å². The minimum Gasteiger partial charge on any atom is -0.400 e. The fraction of sp³-hybridized carbons (Fsp3) is 0.400. The average molecular weight is 676 g/mol. The van der Waals surface area contributed by atoms with Crippen molar-refractivity contribution in [2.24, 2.45) is 0 Å². The van der Waals surface area contributed by atoms with Crippen LogP contribution in [-0.4, -0.2) is 37.0 Å². The average Bonchev–Trinajstić information content (AvgIpc) is 2.88. The molecule has 0 heterocycles. The van der Waals surface area contributed by atoms with Crippen LogP contribution < -0.4 is 0 Å². The van der Waals surface area contributed by atoms with Crippen LogP contribution in [0.25, 0.3) is 0 Å². The van der Waals surface area contributed by atoms with Gasteiger partial charge in [0, 0.05) is 112 Å². The number of carbonyl (C=O) groups excluding carboxylic acids is 2. The molecule has 2 N–H and O–H groups in total. The summed E-state index contributed by atoms with van der Waals surface area (Å²) in [5, 5.41) is 14.0. The molecule has 0 spiro atoms. The Hall–Kier alpha value is 1.01. The maximum atomic E-state index is 9.88. The Kier molecular flexibility index (Phi) is 170. The molecule has 2 aromatic carbocycles. The second-order valence-electron chi connectivity index (χ2n) is 2.94. The van der Waals surface area contributed by atoms with E-state index < -0.39 is 0 Å². The quantitative estimate of drug-likeness (QED) is 0.380. The summed E-state index contributed by atoms with van der Waals surface area (Å²) in [6.07, 6.45) is 3.55. The molecular weight excluding hydrogens is 631 g/mol. The number of rotatable bonds is 2. The van der Waals surface area contributed by atoms with Crippen LogP contribution >= 0.6 is 0 Å². The van der Waals surface area contributed by atoms with E-state index in [2.05, 4.69) is 0 Å². The molecule has 0 unspecified atom stereocenters. The van der Waals surface area contributed by atoms with Crippen LogP contribution in [0.2, 0.25) is 0 Å². The van der Waals surface area contributed by atoms with Crippen LogP contribution in [0.1, 0.15) is 66.5 Å². The molecule has 181 valence electrons. The Morgan fingerprint density at radius 1 is 0.469 bits per heavy atom. The zero-order valence-corrected chi connectivity index (χ0v) is 30.7. The van der Waals surface area contributed by atoms with Gasteiger partial charge < -0.3 is 27.2 Å². The largest absolute Gasteiger partial charge is 0.400 e. The van der Waals surface area contributed by atoms with Gasteiger partial charge in [0.15, 0.2) is 0 Å². The Balaban J connectivity index is -0.0000000238. The van der Waals surface area contributed by atoms with E-state index in [0.717, 1.165) is 14.2 Å². The number of aliphatic hydroxyl groups is 2. The van der Waals surface area contributed by atoms with E-state index in [1.54, 1.807) is 61.1 Å². The van der Waals surface area contributed by atoms with Crippen molar-refractivity contribution in [3.8, 4) is 0 Å². The second kappa shape index (κ2) is 85.2. The first-order valence-electron chi connectivity index (χ1n) is 9.62. The third-order valence-electron chi connectivity index (χ3n) is 1.78. The smallest absolute Gasteiger partial charge is 0.0627 e. The van der Waals surface area contributed by atoms with Crippen LogP contribution in [0.5, 0.6) is 0 Å². The summed E-state index contributed by atoms with van der Waals surface area (Å²) in [7, 11) is 2.00. The molecule has 0 aromatic heterocycles. The van der Waals surface area contributed by atoms with E-state index in [-0.39, 0.29) is 106 Å². The molecule has 0 bridgehead atoms. The van der Waals surface area contributed by atoms with Gasteiger partial charge in [0.2, 0.25) is 0 Å². The van der Waals surface area contributed by atoms with Gasteiger partial charge in [-0.15, -0.1) is 24.3 Å². The molecule has 0 amide bonds. The van der Waals surface area contributed by atoms with Gasteiger partial charge >= 0.3 is 0 Å². The van der Waals surface area contributed by atoms with Gasteiger partial charge in [-0.3, -0.25) is 0 Å². The van der Waals surface area contributed by atoms with Crippen LogP contribution in [0.4, 0.5) is 0 Å². The van der Waals surface area contributed by atoms with Gasteiger partial charge in [-0.25, -0.2) is 0 Å². The van der Waals surface area contributed by atoms with Crippen molar-refractivity contribution < 1.29 is 118 Å². The monoisotopic (exact) mass is 676 g/mol. The zero-order valence-electron chi connectivity index (χ0n) is 22.2. The fourth-order valence-electron chi connectivity index (χ4n) is 1.01. The molecule has 3 radical (unpaired) electrons. The Labute approximate surface area is 275 Å². The molecule has 4 nitrogen and oxygen atoms in total. The topological polar surface area (TPSA) is 74.6 Å². The number of aliphatic hydroxyl groups excluding tert-OH is 2. The maximum absolute atomic E-state index is 9.88. The zero-order chi connectivity index (χ0) is 23.6. The number of hydrogen-bond donors (Lipinski definition) is 2. The molecule has 0 saturated carbocycles. The van der Waals surface area contributed by atoms with Gasteiger partial charge in [-0.1, -0.05) is 67.5 Å². The molecule has 2 rings (SSSR count). The molecule has 2 aromatic rings. The van der Waals surface area contributed by atoms with Crippen molar-refractivity contribution in [1.82, 2.24) is 0 Å². The molecule has 32 heavy (non-hydrogen) atoms. The van der Waals surface area contributed by atoms with Gasteiger partial charge in [-0.2, -0.15) is 35.4 Å². The van der Waals surface area contributed by atoms with Crippen LogP contribution in [0, 0.1) is 7.43 Å².